The van der Waals surface area contributed by atoms with E-state index in [0.717, 1.165) is 16.5 Å². The lowest BCUT2D eigenvalue weighted by molar-refractivity contribution is 0.0951. The van der Waals surface area contributed by atoms with Gasteiger partial charge in [0, 0.05) is 28.4 Å². The van der Waals surface area contributed by atoms with E-state index in [2.05, 4.69) is 25.4 Å². The van der Waals surface area contributed by atoms with Gasteiger partial charge in [-0.05, 0) is 30.3 Å². The van der Waals surface area contributed by atoms with Crippen LogP contribution in [0.1, 0.15) is 16.2 Å². The van der Waals surface area contributed by atoms with Gasteiger partial charge in [-0.1, -0.05) is 16.8 Å². The van der Waals surface area contributed by atoms with Crippen molar-refractivity contribution in [2.24, 2.45) is 0 Å². The van der Waals surface area contributed by atoms with Gasteiger partial charge in [-0.3, -0.25) is 9.78 Å². The van der Waals surface area contributed by atoms with Gasteiger partial charge in [0.15, 0.2) is 5.82 Å². The summed E-state index contributed by atoms with van der Waals surface area (Å²) in [6, 6.07) is 8.89. The molecular formula is C17H12ClN5O2. The van der Waals surface area contributed by atoms with Crippen LogP contribution in [0.15, 0.2) is 53.4 Å². The summed E-state index contributed by atoms with van der Waals surface area (Å²) in [4.78, 5) is 23.7. The normalized spacial score (nSPS) is 10.9. The van der Waals surface area contributed by atoms with Crippen LogP contribution in [0.2, 0.25) is 5.02 Å². The summed E-state index contributed by atoms with van der Waals surface area (Å²) in [6.07, 6.45) is 4.96. The van der Waals surface area contributed by atoms with E-state index in [-0.39, 0.29) is 12.5 Å². The molecule has 124 valence electrons. The first kappa shape index (κ1) is 15.3. The summed E-state index contributed by atoms with van der Waals surface area (Å²) >= 11 is 5.86. The number of H-pyrrole nitrogens is 1. The molecule has 1 aromatic carbocycles. The number of carbonyl (C=O) groups is 1. The fraction of sp³-hybridized carbons (Fsp3) is 0.0588. The van der Waals surface area contributed by atoms with Gasteiger partial charge in [0.25, 0.3) is 11.8 Å². The fourth-order valence-electron chi connectivity index (χ4n) is 2.45. The molecule has 4 rings (SSSR count). The molecule has 0 saturated heterocycles. The first-order chi connectivity index (χ1) is 12.2. The molecular weight excluding hydrogens is 342 g/mol. The molecule has 0 aliphatic rings. The highest BCUT2D eigenvalue weighted by molar-refractivity contribution is 6.30. The van der Waals surface area contributed by atoms with Crippen LogP contribution in [-0.4, -0.2) is 26.0 Å². The van der Waals surface area contributed by atoms with Gasteiger partial charge in [0.1, 0.15) is 0 Å². The fourth-order valence-corrected chi connectivity index (χ4v) is 2.58. The van der Waals surface area contributed by atoms with Crippen molar-refractivity contribution in [3.05, 3.63) is 65.3 Å². The third-order valence-electron chi connectivity index (χ3n) is 3.69. The average molecular weight is 354 g/mol. The number of rotatable bonds is 4. The molecule has 0 radical (unpaired) electrons. The van der Waals surface area contributed by atoms with E-state index in [1.54, 1.807) is 36.7 Å². The molecule has 3 aromatic heterocycles. The standard InChI is InChI=1S/C17H12ClN5O2/c18-11-3-1-10(2-4-11)17-22-15(23-25-17)9-21-16(24)13-7-19-8-14-12(13)5-6-20-14/h1-8,20H,9H2,(H,21,24). The average Bonchev–Trinajstić information content (AvgIpc) is 3.29. The number of nitrogens with one attached hydrogen (secondary N) is 2. The summed E-state index contributed by atoms with van der Waals surface area (Å²) in [5.74, 6) is 0.498. The zero-order valence-electron chi connectivity index (χ0n) is 12.9. The van der Waals surface area contributed by atoms with Crippen molar-refractivity contribution in [3.8, 4) is 11.5 Å². The summed E-state index contributed by atoms with van der Waals surface area (Å²) < 4.78 is 5.21. The van der Waals surface area contributed by atoms with Gasteiger partial charge in [-0.15, -0.1) is 0 Å². The third kappa shape index (κ3) is 3.09. The maximum atomic E-state index is 12.4. The Morgan fingerprint density at radius 2 is 2.04 bits per heavy atom. The van der Waals surface area contributed by atoms with E-state index >= 15 is 0 Å². The van der Waals surface area contributed by atoms with Crippen LogP contribution in [0, 0.1) is 0 Å². The van der Waals surface area contributed by atoms with Crippen LogP contribution < -0.4 is 5.32 Å². The topological polar surface area (TPSA) is 96.7 Å². The van der Waals surface area contributed by atoms with Crippen molar-refractivity contribution in [2.45, 2.75) is 6.54 Å². The van der Waals surface area contributed by atoms with Crippen LogP contribution in [0.3, 0.4) is 0 Å². The monoisotopic (exact) mass is 353 g/mol. The van der Waals surface area contributed by atoms with Crippen LogP contribution in [0.4, 0.5) is 0 Å². The van der Waals surface area contributed by atoms with Crippen molar-refractivity contribution in [2.75, 3.05) is 0 Å². The molecule has 25 heavy (non-hydrogen) atoms. The van der Waals surface area contributed by atoms with Crippen LogP contribution in [0.25, 0.3) is 22.4 Å². The molecule has 0 saturated carbocycles. The number of carbonyl (C=O) groups excluding carboxylic acids is 1. The lowest BCUT2D eigenvalue weighted by Gasteiger charge is -2.03. The van der Waals surface area contributed by atoms with Gasteiger partial charge in [-0.25, -0.2) is 0 Å². The number of aromatic amines is 1. The largest absolute Gasteiger partial charge is 0.360 e. The van der Waals surface area contributed by atoms with Crippen molar-refractivity contribution < 1.29 is 9.32 Å². The molecule has 0 aliphatic carbocycles. The zero-order chi connectivity index (χ0) is 17.2. The van der Waals surface area contributed by atoms with Crippen molar-refractivity contribution in [1.29, 1.82) is 0 Å². The minimum Gasteiger partial charge on any atom is -0.360 e. The summed E-state index contributed by atoms with van der Waals surface area (Å²) in [5, 5.41) is 8.09. The smallest absolute Gasteiger partial charge is 0.257 e. The molecule has 3 heterocycles. The SMILES string of the molecule is O=C(NCc1noc(-c2ccc(Cl)cc2)n1)c1cncc2[nH]ccc12. The van der Waals surface area contributed by atoms with E-state index < -0.39 is 0 Å². The molecule has 0 aliphatic heterocycles. The third-order valence-corrected chi connectivity index (χ3v) is 3.94. The number of halogens is 1. The number of fused-ring (bicyclic) bond motifs is 1. The Morgan fingerprint density at radius 1 is 1.20 bits per heavy atom. The maximum Gasteiger partial charge on any atom is 0.257 e. The van der Waals surface area contributed by atoms with Gasteiger partial charge in [-0.2, -0.15) is 4.98 Å². The number of aromatic nitrogens is 4. The lowest BCUT2D eigenvalue weighted by atomic mass is 10.2. The van der Waals surface area contributed by atoms with Crippen molar-refractivity contribution in [1.82, 2.24) is 25.4 Å². The maximum absolute atomic E-state index is 12.4. The summed E-state index contributed by atoms with van der Waals surface area (Å²) in [7, 11) is 0. The van der Waals surface area contributed by atoms with Crippen LogP contribution >= 0.6 is 11.6 Å². The predicted octanol–water partition coefficient (Wildman–Crippen LogP) is 3.20. The summed E-state index contributed by atoms with van der Waals surface area (Å²) in [5.41, 5.74) is 2.05. The van der Waals surface area contributed by atoms with E-state index in [1.807, 2.05) is 6.07 Å². The van der Waals surface area contributed by atoms with Crippen LogP contribution in [-0.2, 0) is 6.54 Å². The van der Waals surface area contributed by atoms with E-state index in [1.165, 1.54) is 6.20 Å². The first-order valence-corrected chi connectivity index (χ1v) is 7.86. The number of benzene rings is 1. The molecule has 1 amide bonds. The van der Waals surface area contributed by atoms with E-state index in [4.69, 9.17) is 16.1 Å². The van der Waals surface area contributed by atoms with Gasteiger partial charge in [0.05, 0.1) is 23.8 Å². The minimum absolute atomic E-state index is 0.150. The number of hydrogen-bond acceptors (Lipinski definition) is 5. The predicted molar refractivity (Wildman–Crippen MR) is 92.0 cm³/mol. The second kappa shape index (κ2) is 6.37. The Bertz CT molecular complexity index is 1040. The highest BCUT2D eigenvalue weighted by atomic mass is 35.5. The Balaban J connectivity index is 1.47. The van der Waals surface area contributed by atoms with E-state index in [9.17, 15) is 4.79 Å². The minimum atomic E-state index is -0.254. The second-order valence-electron chi connectivity index (χ2n) is 5.33. The molecule has 8 heteroatoms. The number of pyridine rings is 1. The highest BCUT2D eigenvalue weighted by Crippen LogP contribution is 2.20. The van der Waals surface area contributed by atoms with Gasteiger partial charge >= 0.3 is 0 Å². The number of hydrogen-bond donors (Lipinski definition) is 2. The Kier molecular flexibility index (Phi) is 3.91. The highest BCUT2D eigenvalue weighted by Gasteiger charge is 2.13. The Labute approximate surface area is 147 Å². The van der Waals surface area contributed by atoms with Gasteiger partial charge in [0.2, 0.25) is 0 Å². The zero-order valence-corrected chi connectivity index (χ0v) is 13.6. The Morgan fingerprint density at radius 3 is 2.88 bits per heavy atom. The van der Waals surface area contributed by atoms with Crippen molar-refractivity contribution in [3.63, 3.8) is 0 Å². The van der Waals surface area contributed by atoms with Crippen LogP contribution in [0.5, 0.6) is 0 Å². The number of nitrogens with zero attached hydrogens (tertiary/aromatic N) is 3. The lowest BCUT2D eigenvalue weighted by Crippen LogP contribution is -2.23. The number of amides is 1. The molecule has 2 N–H and O–H groups in total. The molecule has 0 bridgehead atoms. The quantitative estimate of drug-likeness (QED) is 0.587. The molecule has 7 nitrogen and oxygen atoms in total. The van der Waals surface area contributed by atoms with Crippen molar-refractivity contribution >= 4 is 28.4 Å². The Hall–Kier alpha value is -3.19. The summed E-state index contributed by atoms with van der Waals surface area (Å²) in [6.45, 7) is 0.150. The molecule has 4 aromatic rings. The van der Waals surface area contributed by atoms with E-state index in [0.29, 0.717) is 22.3 Å². The molecule has 0 fully saturated rings. The molecule has 0 atom stereocenters. The molecule has 0 spiro atoms. The molecule has 0 unspecified atom stereocenters. The van der Waals surface area contributed by atoms with Gasteiger partial charge < -0.3 is 14.8 Å². The second-order valence-corrected chi connectivity index (χ2v) is 5.77. The first-order valence-electron chi connectivity index (χ1n) is 7.48.